The van der Waals surface area contributed by atoms with E-state index in [1.807, 2.05) is 20.0 Å². The number of amides is 1. The molecule has 1 unspecified atom stereocenters. The van der Waals surface area contributed by atoms with Crippen molar-refractivity contribution in [2.75, 3.05) is 18.5 Å². The third-order valence-corrected chi connectivity index (χ3v) is 5.17. The molecule has 0 spiro atoms. The van der Waals surface area contributed by atoms with Crippen LogP contribution in [0.4, 0.5) is 5.69 Å². The van der Waals surface area contributed by atoms with E-state index in [1.165, 1.54) is 11.8 Å². The van der Waals surface area contributed by atoms with Crippen LogP contribution in [-0.2, 0) is 11.8 Å². The van der Waals surface area contributed by atoms with Gasteiger partial charge in [0.05, 0.1) is 11.5 Å². The van der Waals surface area contributed by atoms with Crippen LogP contribution in [0.3, 0.4) is 0 Å². The molecule has 1 aromatic carbocycles. The minimum atomic E-state index is -0.370. The lowest BCUT2D eigenvalue weighted by atomic mass is 10.2. The van der Waals surface area contributed by atoms with Gasteiger partial charge < -0.3 is 23.8 Å². The van der Waals surface area contributed by atoms with Crippen molar-refractivity contribution in [3.63, 3.8) is 0 Å². The number of aromatic nitrogens is 3. The van der Waals surface area contributed by atoms with Gasteiger partial charge in [0, 0.05) is 18.8 Å². The van der Waals surface area contributed by atoms with Gasteiger partial charge in [-0.05, 0) is 31.2 Å². The number of rotatable bonds is 5. The molecule has 0 saturated carbocycles. The zero-order valence-corrected chi connectivity index (χ0v) is 15.7. The summed E-state index contributed by atoms with van der Waals surface area (Å²) in [5.74, 6) is 2.42. The molecule has 0 saturated heterocycles. The second kappa shape index (κ2) is 7.36. The van der Waals surface area contributed by atoms with Crippen molar-refractivity contribution in [1.82, 2.24) is 14.8 Å². The molecule has 1 aliphatic heterocycles. The summed E-state index contributed by atoms with van der Waals surface area (Å²) in [4.78, 5) is 12.6. The number of carbonyl (C=O) groups is 1. The van der Waals surface area contributed by atoms with Crippen molar-refractivity contribution < 1.29 is 18.7 Å². The summed E-state index contributed by atoms with van der Waals surface area (Å²) < 4.78 is 18.2. The van der Waals surface area contributed by atoms with Crippen LogP contribution in [0.2, 0.25) is 0 Å². The molecule has 3 aromatic rings. The van der Waals surface area contributed by atoms with Crippen LogP contribution in [0.15, 0.2) is 46.2 Å². The van der Waals surface area contributed by atoms with Gasteiger partial charge in [-0.3, -0.25) is 4.79 Å². The van der Waals surface area contributed by atoms with Gasteiger partial charge in [0.25, 0.3) is 0 Å². The monoisotopic (exact) mass is 386 g/mol. The summed E-state index contributed by atoms with van der Waals surface area (Å²) in [6.07, 6.45) is 1.58. The quantitative estimate of drug-likeness (QED) is 0.674. The van der Waals surface area contributed by atoms with Crippen molar-refractivity contribution in [1.29, 1.82) is 0 Å². The molecule has 2 aromatic heterocycles. The predicted octanol–water partition coefficient (Wildman–Crippen LogP) is 2.97. The topological polar surface area (TPSA) is 91.4 Å². The van der Waals surface area contributed by atoms with Crippen molar-refractivity contribution in [3.05, 3.63) is 36.6 Å². The summed E-state index contributed by atoms with van der Waals surface area (Å²) in [6, 6.07) is 8.96. The fourth-order valence-corrected chi connectivity index (χ4v) is 3.43. The summed E-state index contributed by atoms with van der Waals surface area (Å²) in [5.41, 5.74) is 0.658. The number of carbonyl (C=O) groups excluding carboxylic acids is 1. The van der Waals surface area contributed by atoms with Gasteiger partial charge in [0.15, 0.2) is 28.2 Å². The molecule has 1 N–H and O–H groups in total. The van der Waals surface area contributed by atoms with E-state index in [0.29, 0.717) is 47.1 Å². The first kappa shape index (κ1) is 17.5. The van der Waals surface area contributed by atoms with Gasteiger partial charge in [-0.15, -0.1) is 10.2 Å². The van der Waals surface area contributed by atoms with Crippen LogP contribution in [0.1, 0.15) is 6.92 Å². The van der Waals surface area contributed by atoms with Crippen molar-refractivity contribution in [2.24, 2.45) is 7.05 Å². The van der Waals surface area contributed by atoms with Gasteiger partial charge in [0.1, 0.15) is 13.2 Å². The average Bonchev–Trinajstić information content (AvgIpc) is 3.32. The fraction of sp³-hybridized carbons (Fsp3) is 0.278. The first-order chi connectivity index (χ1) is 13.1. The van der Waals surface area contributed by atoms with Gasteiger partial charge in [0.2, 0.25) is 5.91 Å². The Morgan fingerprint density at radius 3 is 2.81 bits per heavy atom. The Morgan fingerprint density at radius 2 is 2.04 bits per heavy atom. The van der Waals surface area contributed by atoms with Crippen molar-refractivity contribution in [2.45, 2.75) is 17.3 Å². The number of hydrogen-bond donors (Lipinski definition) is 1. The molecule has 0 bridgehead atoms. The number of nitrogens with zero attached hydrogens (tertiary/aromatic N) is 3. The predicted molar refractivity (Wildman–Crippen MR) is 100 cm³/mol. The minimum absolute atomic E-state index is 0.140. The van der Waals surface area contributed by atoms with E-state index in [-0.39, 0.29) is 11.2 Å². The zero-order valence-electron chi connectivity index (χ0n) is 14.8. The van der Waals surface area contributed by atoms with Crippen LogP contribution in [0, 0.1) is 0 Å². The molecular weight excluding hydrogens is 368 g/mol. The SMILES string of the molecule is CC(Sc1nnc(-c2ccco2)n1C)C(=O)Nc1ccc2c(c1)OCCO2. The second-order valence-electron chi connectivity index (χ2n) is 5.95. The van der Waals surface area contributed by atoms with Gasteiger partial charge in [-0.2, -0.15) is 0 Å². The number of furan rings is 1. The largest absolute Gasteiger partial charge is 0.486 e. The minimum Gasteiger partial charge on any atom is -0.486 e. The van der Waals surface area contributed by atoms with Gasteiger partial charge in [-0.25, -0.2) is 0 Å². The highest BCUT2D eigenvalue weighted by Gasteiger charge is 2.21. The molecule has 1 aliphatic rings. The second-order valence-corrected chi connectivity index (χ2v) is 7.26. The van der Waals surface area contributed by atoms with E-state index in [1.54, 1.807) is 35.1 Å². The molecule has 0 fully saturated rings. The van der Waals surface area contributed by atoms with Crippen LogP contribution in [0.25, 0.3) is 11.6 Å². The maximum Gasteiger partial charge on any atom is 0.237 e. The number of nitrogens with one attached hydrogen (secondary N) is 1. The van der Waals surface area contributed by atoms with E-state index < -0.39 is 0 Å². The zero-order chi connectivity index (χ0) is 18.8. The molecule has 1 atom stereocenters. The number of anilines is 1. The van der Waals surface area contributed by atoms with Crippen molar-refractivity contribution in [3.8, 4) is 23.1 Å². The van der Waals surface area contributed by atoms with E-state index >= 15 is 0 Å². The Kier molecular flexibility index (Phi) is 4.76. The van der Waals surface area contributed by atoms with E-state index in [2.05, 4.69) is 15.5 Å². The standard InChI is InChI=1S/C18H18N4O4S/c1-11(27-18-21-20-16(22(18)2)14-4-3-7-24-14)17(23)19-12-5-6-13-15(10-12)26-9-8-25-13/h3-7,10-11H,8-9H2,1-2H3,(H,19,23). The van der Waals surface area contributed by atoms with Gasteiger partial charge in [-0.1, -0.05) is 11.8 Å². The van der Waals surface area contributed by atoms with E-state index in [0.717, 1.165) is 0 Å². The maximum absolute atomic E-state index is 12.6. The molecule has 27 heavy (non-hydrogen) atoms. The molecule has 0 radical (unpaired) electrons. The van der Waals surface area contributed by atoms with Crippen LogP contribution in [0.5, 0.6) is 11.5 Å². The first-order valence-electron chi connectivity index (χ1n) is 8.42. The number of hydrogen-bond acceptors (Lipinski definition) is 7. The molecule has 140 valence electrons. The number of fused-ring (bicyclic) bond motifs is 1. The lowest BCUT2D eigenvalue weighted by molar-refractivity contribution is -0.115. The number of ether oxygens (including phenoxy) is 2. The summed E-state index contributed by atoms with van der Waals surface area (Å²) in [6.45, 7) is 2.85. The molecule has 9 heteroatoms. The van der Waals surface area contributed by atoms with Crippen LogP contribution < -0.4 is 14.8 Å². The summed E-state index contributed by atoms with van der Waals surface area (Å²) in [7, 11) is 1.84. The third kappa shape index (κ3) is 3.63. The smallest absolute Gasteiger partial charge is 0.237 e. The fourth-order valence-electron chi connectivity index (χ4n) is 2.61. The number of thioether (sulfide) groups is 1. The van der Waals surface area contributed by atoms with Crippen molar-refractivity contribution >= 4 is 23.4 Å². The van der Waals surface area contributed by atoms with E-state index in [9.17, 15) is 4.79 Å². The lowest BCUT2D eigenvalue weighted by Crippen LogP contribution is -2.23. The normalized spacial score (nSPS) is 14.0. The summed E-state index contributed by atoms with van der Waals surface area (Å²) >= 11 is 1.32. The maximum atomic E-state index is 12.6. The Balaban J connectivity index is 1.43. The number of benzene rings is 1. The van der Waals surface area contributed by atoms with E-state index in [4.69, 9.17) is 13.9 Å². The average molecular weight is 386 g/mol. The molecule has 8 nitrogen and oxygen atoms in total. The van der Waals surface area contributed by atoms with Crippen LogP contribution in [-0.4, -0.2) is 39.1 Å². The highest BCUT2D eigenvalue weighted by atomic mass is 32.2. The highest BCUT2D eigenvalue weighted by molar-refractivity contribution is 8.00. The third-order valence-electron chi connectivity index (χ3n) is 4.04. The summed E-state index contributed by atoms with van der Waals surface area (Å²) in [5, 5.41) is 11.5. The molecular formula is C18H18N4O4S. The highest BCUT2D eigenvalue weighted by Crippen LogP contribution is 2.33. The molecule has 1 amide bonds. The van der Waals surface area contributed by atoms with Gasteiger partial charge >= 0.3 is 0 Å². The Hall–Kier alpha value is -2.94. The molecule has 0 aliphatic carbocycles. The lowest BCUT2D eigenvalue weighted by Gasteiger charge is -2.19. The Bertz CT molecular complexity index is 954. The van der Waals surface area contributed by atoms with Crippen LogP contribution >= 0.6 is 11.8 Å². The Morgan fingerprint density at radius 1 is 1.22 bits per heavy atom. The Labute approximate surface area is 159 Å². The first-order valence-corrected chi connectivity index (χ1v) is 9.30. The molecule has 3 heterocycles. The molecule has 4 rings (SSSR count).